The molecule has 1 aliphatic rings. The summed E-state index contributed by atoms with van der Waals surface area (Å²) in [6, 6.07) is 2.39. The highest BCUT2D eigenvalue weighted by atomic mass is 79.9. The zero-order valence-electron chi connectivity index (χ0n) is 8.00. The predicted molar refractivity (Wildman–Crippen MR) is 60.0 cm³/mol. The van der Waals surface area contributed by atoms with Crippen molar-refractivity contribution in [3.63, 3.8) is 0 Å². The number of nitrogens with two attached hydrogens (primary N) is 1. The maximum absolute atomic E-state index is 5.54. The van der Waals surface area contributed by atoms with Crippen LogP contribution in [-0.4, -0.2) is 16.0 Å². The fraction of sp³-hybridized carbons (Fsp3) is 0.556. The van der Waals surface area contributed by atoms with Gasteiger partial charge in [-0.15, -0.1) is 0 Å². The third-order valence-corrected chi connectivity index (χ3v) is 3.07. The fourth-order valence-electron chi connectivity index (χ4n) is 1.58. The Morgan fingerprint density at radius 1 is 1.50 bits per heavy atom. The van der Waals surface area contributed by atoms with Crippen molar-refractivity contribution in [2.75, 3.05) is 11.1 Å². The van der Waals surface area contributed by atoms with Crippen molar-refractivity contribution in [2.45, 2.75) is 25.8 Å². The first kappa shape index (κ1) is 9.71. The monoisotopic (exact) mass is 256 g/mol. The summed E-state index contributed by atoms with van der Waals surface area (Å²) in [4.78, 5) is 8.06. The molecule has 0 saturated heterocycles. The molecule has 1 aromatic heterocycles. The van der Waals surface area contributed by atoms with Crippen LogP contribution in [0.25, 0.3) is 0 Å². The molecule has 0 spiro atoms. The van der Waals surface area contributed by atoms with Gasteiger partial charge in [0.15, 0.2) is 0 Å². The van der Waals surface area contributed by atoms with Crippen LogP contribution in [-0.2, 0) is 0 Å². The molecule has 2 atom stereocenters. The molecule has 3 N–H and O–H groups in total. The van der Waals surface area contributed by atoms with E-state index < -0.39 is 0 Å². The number of nitrogens with one attached hydrogen (secondary N) is 1. The lowest BCUT2D eigenvalue weighted by Crippen LogP contribution is -2.36. The first-order valence-corrected chi connectivity index (χ1v) is 5.51. The quantitative estimate of drug-likeness (QED) is 0.796. The van der Waals surface area contributed by atoms with E-state index in [-0.39, 0.29) is 0 Å². The highest BCUT2D eigenvalue weighted by Crippen LogP contribution is 2.29. The van der Waals surface area contributed by atoms with Crippen LogP contribution in [0.5, 0.6) is 0 Å². The minimum atomic E-state index is 0.300. The van der Waals surface area contributed by atoms with Gasteiger partial charge in [0.1, 0.15) is 10.4 Å². The lowest BCUT2D eigenvalue weighted by molar-refractivity contribution is 0.303. The second-order valence-corrected chi connectivity index (χ2v) is 4.55. The molecule has 1 heterocycles. The van der Waals surface area contributed by atoms with E-state index in [4.69, 9.17) is 5.73 Å². The highest BCUT2D eigenvalue weighted by molar-refractivity contribution is 9.10. The Labute approximate surface area is 91.4 Å². The number of nitrogens with zero attached hydrogens (tertiary/aromatic N) is 2. The number of rotatable bonds is 2. The minimum absolute atomic E-state index is 0.300. The topological polar surface area (TPSA) is 63.8 Å². The molecule has 2 rings (SSSR count). The molecule has 1 fully saturated rings. The lowest BCUT2D eigenvalue weighted by atomic mass is 9.81. The van der Waals surface area contributed by atoms with E-state index in [1.54, 1.807) is 0 Å². The predicted octanol–water partition coefficient (Wildman–Crippen LogP) is 2.03. The Hall–Kier alpha value is -0.840. The van der Waals surface area contributed by atoms with E-state index in [0.29, 0.717) is 12.0 Å². The van der Waals surface area contributed by atoms with Crippen LogP contribution in [0, 0.1) is 5.92 Å². The number of hydrogen-bond acceptors (Lipinski definition) is 4. The standard InChI is InChI=1S/C9H13BrN4/c1-5-2-3-6(5)12-8-4-7(10)13-9(11)14-8/h4-6H,2-3H2,1H3,(H3,11,12,13,14). The molecule has 0 aromatic carbocycles. The van der Waals surface area contributed by atoms with Crippen LogP contribution >= 0.6 is 15.9 Å². The van der Waals surface area contributed by atoms with Gasteiger partial charge in [0.25, 0.3) is 0 Å². The molecule has 2 unspecified atom stereocenters. The van der Waals surface area contributed by atoms with E-state index >= 15 is 0 Å². The highest BCUT2D eigenvalue weighted by Gasteiger charge is 2.26. The van der Waals surface area contributed by atoms with Gasteiger partial charge in [-0.1, -0.05) is 6.92 Å². The molecule has 1 aromatic rings. The van der Waals surface area contributed by atoms with Crippen molar-refractivity contribution in [2.24, 2.45) is 5.92 Å². The fourth-order valence-corrected chi connectivity index (χ4v) is 1.98. The van der Waals surface area contributed by atoms with Crippen molar-refractivity contribution < 1.29 is 0 Å². The maximum atomic E-state index is 5.54. The summed E-state index contributed by atoms with van der Waals surface area (Å²) in [6.45, 7) is 2.24. The summed E-state index contributed by atoms with van der Waals surface area (Å²) in [5, 5.41) is 3.35. The summed E-state index contributed by atoms with van der Waals surface area (Å²) >= 11 is 3.29. The van der Waals surface area contributed by atoms with Gasteiger partial charge < -0.3 is 11.1 Å². The molecule has 0 amide bonds. The number of halogens is 1. The molecular formula is C9H13BrN4. The van der Waals surface area contributed by atoms with Crippen LogP contribution in [0.4, 0.5) is 11.8 Å². The first-order valence-electron chi connectivity index (χ1n) is 4.72. The van der Waals surface area contributed by atoms with E-state index in [2.05, 4.69) is 38.1 Å². The molecule has 1 aliphatic carbocycles. The Kier molecular flexibility index (Phi) is 2.58. The zero-order chi connectivity index (χ0) is 10.1. The summed E-state index contributed by atoms with van der Waals surface area (Å²) in [6.07, 6.45) is 2.50. The van der Waals surface area contributed by atoms with Crippen LogP contribution in [0.15, 0.2) is 10.7 Å². The summed E-state index contributed by atoms with van der Waals surface area (Å²) < 4.78 is 0.722. The van der Waals surface area contributed by atoms with Gasteiger partial charge in [-0.2, -0.15) is 4.98 Å². The minimum Gasteiger partial charge on any atom is -0.368 e. The number of hydrogen-bond donors (Lipinski definition) is 2. The summed E-state index contributed by atoms with van der Waals surface area (Å²) in [7, 11) is 0. The molecule has 1 saturated carbocycles. The van der Waals surface area contributed by atoms with Crippen LogP contribution in [0.3, 0.4) is 0 Å². The molecule has 4 nitrogen and oxygen atoms in total. The molecule has 14 heavy (non-hydrogen) atoms. The van der Waals surface area contributed by atoms with Gasteiger partial charge in [0.2, 0.25) is 5.95 Å². The van der Waals surface area contributed by atoms with Gasteiger partial charge in [-0.3, -0.25) is 0 Å². The maximum Gasteiger partial charge on any atom is 0.223 e. The van der Waals surface area contributed by atoms with E-state index in [1.807, 2.05) is 6.07 Å². The molecule has 5 heteroatoms. The summed E-state index contributed by atoms with van der Waals surface area (Å²) in [5.74, 6) is 1.83. The van der Waals surface area contributed by atoms with Crippen molar-refractivity contribution in [1.82, 2.24) is 9.97 Å². The zero-order valence-corrected chi connectivity index (χ0v) is 9.58. The smallest absolute Gasteiger partial charge is 0.223 e. The largest absolute Gasteiger partial charge is 0.368 e. The summed E-state index contributed by atoms with van der Waals surface area (Å²) in [5.41, 5.74) is 5.54. The van der Waals surface area contributed by atoms with Gasteiger partial charge in [0, 0.05) is 12.1 Å². The molecule has 0 aliphatic heterocycles. The number of nitrogen functional groups attached to an aromatic ring is 1. The molecular weight excluding hydrogens is 244 g/mol. The van der Waals surface area contributed by atoms with Gasteiger partial charge in [-0.05, 0) is 34.7 Å². The van der Waals surface area contributed by atoms with E-state index in [0.717, 1.165) is 16.3 Å². The Bertz CT molecular complexity index is 321. The van der Waals surface area contributed by atoms with E-state index in [9.17, 15) is 0 Å². The van der Waals surface area contributed by atoms with Gasteiger partial charge in [0.05, 0.1) is 0 Å². The Morgan fingerprint density at radius 2 is 2.29 bits per heavy atom. The van der Waals surface area contributed by atoms with Gasteiger partial charge in [-0.25, -0.2) is 4.98 Å². The van der Waals surface area contributed by atoms with Crippen LogP contribution in [0.2, 0.25) is 0 Å². The van der Waals surface area contributed by atoms with Crippen molar-refractivity contribution in [3.05, 3.63) is 10.7 Å². The molecule has 76 valence electrons. The Morgan fingerprint density at radius 3 is 2.79 bits per heavy atom. The first-order chi connectivity index (χ1) is 6.65. The second-order valence-electron chi connectivity index (χ2n) is 3.74. The number of anilines is 2. The third kappa shape index (κ3) is 1.97. The van der Waals surface area contributed by atoms with Crippen molar-refractivity contribution in [3.8, 4) is 0 Å². The lowest BCUT2D eigenvalue weighted by Gasteiger charge is -2.34. The van der Waals surface area contributed by atoms with Crippen LogP contribution in [0.1, 0.15) is 19.8 Å². The van der Waals surface area contributed by atoms with Crippen LogP contribution < -0.4 is 11.1 Å². The average molecular weight is 257 g/mol. The second kappa shape index (κ2) is 3.73. The van der Waals surface area contributed by atoms with Gasteiger partial charge >= 0.3 is 0 Å². The molecule has 0 bridgehead atoms. The average Bonchev–Trinajstić information content (AvgIpc) is 2.10. The number of aromatic nitrogens is 2. The van der Waals surface area contributed by atoms with Crippen molar-refractivity contribution in [1.29, 1.82) is 0 Å². The van der Waals surface area contributed by atoms with Crippen molar-refractivity contribution >= 4 is 27.7 Å². The Balaban J connectivity index is 2.08. The van der Waals surface area contributed by atoms with E-state index in [1.165, 1.54) is 12.8 Å². The SMILES string of the molecule is CC1CCC1Nc1cc(Br)nc(N)n1. The molecule has 0 radical (unpaired) electrons. The third-order valence-electron chi connectivity index (χ3n) is 2.67. The normalized spacial score (nSPS) is 25.6.